The molecule has 0 bridgehead atoms. The first-order chi connectivity index (χ1) is 18.8. The van der Waals surface area contributed by atoms with Gasteiger partial charge in [-0.2, -0.15) is 0 Å². The number of hydrogen-bond acceptors (Lipinski definition) is 5. The minimum atomic E-state index is -4.15. The van der Waals surface area contributed by atoms with Crippen LogP contribution in [0.2, 0.25) is 0 Å². The van der Waals surface area contributed by atoms with Gasteiger partial charge in [0.2, 0.25) is 11.8 Å². The van der Waals surface area contributed by atoms with E-state index in [9.17, 15) is 18.0 Å². The molecule has 0 spiro atoms. The van der Waals surface area contributed by atoms with Crippen molar-refractivity contribution in [3.63, 3.8) is 0 Å². The Labute approximate surface area is 245 Å². The Balaban J connectivity index is 2.02. The van der Waals surface area contributed by atoms with Crippen LogP contribution in [0.1, 0.15) is 40.2 Å². The molecule has 1 atom stereocenters. The maximum atomic E-state index is 14.0. The van der Waals surface area contributed by atoms with Crippen LogP contribution < -0.4 is 14.4 Å². The van der Waals surface area contributed by atoms with Gasteiger partial charge in [-0.15, -0.1) is 0 Å². The van der Waals surface area contributed by atoms with Crippen molar-refractivity contribution >= 4 is 43.5 Å². The molecule has 0 saturated carbocycles. The van der Waals surface area contributed by atoms with Crippen molar-refractivity contribution in [1.82, 2.24) is 10.2 Å². The van der Waals surface area contributed by atoms with E-state index in [0.29, 0.717) is 18.0 Å². The summed E-state index contributed by atoms with van der Waals surface area (Å²) in [5.74, 6) is -0.271. The first kappa shape index (κ1) is 31.2. The Bertz CT molecular complexity index is 1390. The zero-order valence-electron chi connectivity index (χ0n) is 23.4. The van der Waals surface area contributed by atoms with Gasteiger partial charge in [-0.05, 0) is 88.7 Å². The number of ether oxygens (including phenoxy) is 1. The third kappa shape index (κ3) is 8.32. The van der Waals surface area contributed by atoms with Crippen LogP contribution in [0.5, 0.6) is 5.75 Å². The lowest BCUT2D eigenvalue weighted by Gasteiger charge is -2.33. The van der Waals surface area contributed by atoms with Crippen molar-refractivity contribution in [1.29, 1.82) is 0 Å². The number of amides is 2. The number of halogens is 1. The fourth-order valence-electron chi connectivity index (χ4n) is 3.97. The molecular weight excluding hydrogens is 594 g/mol. The summed E-state index contributed by atoms with van der Waals surface area (Å²) in [6.45, 7) is 9.17. The fraction of sp³-hybridized carbons (Fsp3) is 0.333. The molecular formula is C30H36BrN3O5S. The molecule has 3 rings (SSSR count). The summed E-state index contributed by atoms with van der Waals surface area (Å²) in [6.07, 6.45) is 0. The predicted molar refractivity (Wildman–Crippen MR) is 161 cm³/mol. The summed E-state index contributed by atoms with van der Waals surface area (Å²) in [4.78, 5) is 28.5. The third-order valence-electron chi connectivity index (χ3n) is 5.98. The average molecular weight is 631 g/mol. The van der Waals surface area contributed by atoms with Crippen molar-refractivity contribution < 1.29 is 22.7 Å². The van der Waals surface area contributed by atoms with Crippen LogP contribution in [-0.2, 0) is 26.2 Å². The van der Waals surface area contributed by atoms with Crippen molar-refractivity contribution in [3.05, 3.63) is 88.9 Å². The van der Waals surface area contributed by atoms with E-state index >= 15 is 0 Å². The standard InChI is InChI=1S/C30H36BrN3O5S/c1-6-39-26-16-14-25(15-17-26)34(40(37,38)27-18-12-24(31)13-19-27)21-28(35)33(20-23-10-8-7-9-11-23)22(2)29(36)32-30(3,4)5/h7-19,22H,6,20-21H2,1-5H3,(H,32,36)/t22-/m1/s1. The Morgan fingerprint density at radius 1 is 0.950 bits per heavy atom. The number of nitrogens with one attached hydrogen (secondary N) is 1. The SMILES string of the molecule is CCOc1ccc(N(CC(=O)N(Cc2ccccc2)[C@H](C)C(=O)NC(C)(C)C)S(=O)(=O)c2ccc(Br)cc2)cc1. The molecule has 10 heteroatoms. The monoisotopic (exact) mass is 629 g/mol. The van der Waals surface area contributed by atoms with Crippen LogP contribution in [0.15, 0.2) is 88.2 Å². The molecule has 0 saturated heterocycles. The Kier molecular flexibility index (Phi) is 10.4. The van der Waals surface area contributed by atoms with E-state index in [4.69, 9.17) is 4.74 Å². The molecule has 0 heterocycles. The van der Waals surface area contributed by atoms with E-state index in [1.165, 1.54) is 17.0 Å². The summed E-state index contributed by atoms with van der Waals surface area (Å²) in [5.41, 5.74) is 0.604. The van der Waals surface area contributed by atoms with E-state index in [2.05, 4.69) is 21.2 Å². The number of nitrogens with zero attached hydrogens (tertiary/aromatic N) is 2. The van der Waals surface area contributed by atoms with Crippen LogP contribution in [0.3, 0.4) is 0 Å². The average Bonchev–Trinajstić information content (AvgIpc) is 2.90. The maximum absolute atomic E-state index is 14.0. The van der Waals surface area contributed by atoms with Crippen LogP contribution in [0.4, 0.5) is 5.69 Å². The number of anilines is 1. The van der Waals surface area contributed by atoms with Gasteiger partial charge in [0.25, 0.3) is 10.0 Å². The highest BCUT2D eigenvalue weighted by molar-refractivity contribution is 9.10. The summed E-state index contributed by atoms with van der Waals surface area (Å²) < 4.78 is 35.1. The minimum Gasteiger partial charge on any atom is -0.494 e. The summed E-state index contributed by atoms with van der Waals surface area (Å²) in [5, 5.41) is 2.92. The number of carbonyl (C=O) groups is 2. The fourth-order valence-corrected chi connectivity index (χ4v) is 5.65. The summed E-state index contributed by atoms with van der Waals surface area (Å²) in [6, 6.07) is 21.2. The van der Waals surface area contributed by atoms with Crippen LogP contribution in [-0.4, -0.2) is 49.9 Å². The van der Waals surface area contributed by atoms with Crippen LogP contribution in [0, 0.1) is 0 Å². The van der Waals surface area contributed by atoms with E-state index in [1.807, 2.05) is 58.0 Å². The van der Waals surface area contributed by atoms with Crippen molar-refractivity contribution in [3.8, 4) is 5.75 Å². The van der Waals surface area contributed by atoms with E-state index in [-0.39, 0.29) is 17.3 Å². The smallest absolute Gasteiger partial charge is 0.264 e. The lowest BCUT2D eigenvalue weighted by Crippen LogP contribution is -2.54. The lowest BCUT2D eigenvalue weighted by atomic mass is 10.1. The second-order valence-corrected chi connectivity index (χ2v) is 13.1. The molecule has 3 aromatic rings. The highest BCUT2D eigenvalue weighted by Crippen LogP contribution is 2.27. The number of sulfonamides is 1. The van der Waals surface area contributed by atoms with Crippen molar-refractivity contribution in [2.24, 2.45) is 0 Å². The summed E-state index contributed by atoms with van der Waals surface area (Å²) in [7, 11) is -4.15. The predicted octanol–water partition coefficient (Wildman–Crippen LogP) is 5.38. The van der Waals surface area contributed by atoms with Gasteiger partial charge in [0.1, 0.15) is 18.3 Å². The highest BCUT2D eigenvalue weighted by Gasteiger charge is 2.33. The molecule has 40 heavy (non-hydrogen) atoms. The molecule has 0 aromatic heterocycles. The molecule has 0 aliphatic rings. The highest BCUT2D eigenvalue weighted by atomic mass is 79.9. The van der Waals surface area contributed by atoms with Gasteiger partial charge >= 0.3 is 0 Å². The molecule has 8 nitrogen and oxygen atoms in total. The normalized spacial score (nSPS) is 12.3. The summed E-state index contributed by atoms with van der Waals surface area (Å²) >= 11 is 3.34. The Hall–Kier alpha value is -3.37. The van der Waals surface area contributed by atoms with Gasteiger partial charge < -0.3 is 15.0 Å². The Morgan fingerprint density at radius 3 is 2.10 bits per heavy atom. The molecule has 1 N–H and O–H groups in total. The molecule has 2 amide bonds. The quantitative estimate of drug-likeness (QED) is 0.307. The van der Waals surface area contributed by atoms with Gasteiger partial charge in [-0.25, -0.2) is 8.42 Å². The number of rotatable bonds is 11. The minimum absolute atomic E-state index is 0.0329. The lowest BCUT2D eigenvalue weighted by molar-refractivity contribution is -0.140. The Morgan fingerprint density at radius 2 is 1.55 bits per heavy atom. The van der Waals surface area contributed by atoms with Crippen molar-refractivity contribution in [2.75, 3.05) is 17.5 Å². The topological polar surface area (TPSA) is 96.0 Å². The zero-order chi connectivity index (χ0) is 29.5. The molecule has 3 aromatic carbocycles. The largest absolute Gasteiger partial charge is 0.494 e. The molecule has 0 fully saturated rings. The van der Waals surface area contributed by atoms with Gasteiger partial charge in [0, 0.05) is 16.6 Å². The van der Waals surface area contributed by atoms with E-state index < -0.39 is 34.1 Å². The van der Waals surface area contributed by atoms with Crippen LogP contribution in [0.25, 0.3) is 0 Å². The van der Waals surface area contributed by atoms with Gasteiger partial charge in [-0.3, -0.25) is 13.9 Å². The second kappa shape index (κ2) is 13.3. The number of benzene rings is 3. The van der Waals surface area contributed by atoms with Crippen molar-refractivity contribution in [2.45, 2.75) is 57.6 Å². The zero-order valence-corrected chi connectivity index (χ0v) is 25.8. The van der Waals surface area contributed by atoms with Gasteiger partial charge in [-0.1, -0.05) is 46.3 Å². The van der Waals surface area contributed by atoms with Crippen LogP contribution >= 0.6 is 15.9 Å². The molecule has 0 aliphatic carbocycles. The maximum Gasteiger partial charge on any atom is 0.264 e. The molecule has 0 unspecified atom stereocenters. The molecule has 214 valence electrons. The second-order valence-electron chi connectivity index (χ2n) is 10.3. The first-order valence-corrected chi connectivity index (χ1v) is 15.2. The number of carbonyl (C=O) groups excluding carboxylic acids is 2. The molecule has 0 radical (unpaired) electrons. The van der Waals surface area contributed by atoms with Gasteiger partial charge in [0.05, 0.1) is 17.2 Å². The number of hydrogen-bond donors (Lipinski definition) is 1. The molecule has 0 aliphatic heterocycles. The first-order valence-electron chi connectivity index (χ1n) is 13.0. The van der Waals surface area contributed by atoms with E-state index in [0.717, 1.165) is 14.3 Å². The van der Waals surface area contributed by atoms with E-state index in [1.54, 1.807) is 43.3 Å². The van der Waals surface area contributed by atoms with Gasteiger partial charge in [0.15, 0.2) is 0 Å². The third-order valence-corrected chi connectivity index (χ3v) is 8.29.